The highest BCUT2D eigenvalue weighted by Gasteiger charge is 2.34. The van der Waals surface area contributed by atoms with E-state index in [1.54, 1.807) is 43.3 Å². The minimum Gasteiger partial charge on any atom is -0.480 e. The van der Waals surface area contributed by atoms with E-state index >= 15 is 0 Å². The quantitative estimate of drug-likeness (QED) is 0.894. The van der Waals surface area contributed by atoms with Crippen molar-refractivity contribution in [2.24, 2.45) is 0 Å². The van der Waals surface area contributed by atoms with Gasteiger partial charge < -0.3 is 5.11 Å². The number of hydrogen-bond donors (Lipinski definition) is 1. The van der Waals surface area contributed by atoms with E-state index in [4.69, 9.17) is 11.6 Å². The standard InChI is InChI=1S/C16H16ClNO4S/c1-11-14(17)9-6-10-15(11)18(12(2)16(19)20)23(21,22)13-7-4-3-5-8-13/h3-10,12H,1-2H3,(H,19,20). The van der Waals surface area contributed by atoms with Gasteiger partial charge in [-0.2, -0.15) is 0 Å². The van der Waals surface area contributed by atoms with Crippen LogP contribution in [0.5, 0.6) is 0 Å². The molecule has 0 bridgehead atoms. The molecule has 2 aromatic carbocycles. The SMILES string of the molecule is Cc1c(Cl)cccc1N(C(C)C(=O)O)S(=O)(=O)c1ccccc1. The number of sulfonamides is 1. The third-order valence-electron chi connectivity index (χ3n) is 3.49. The van der Waals surface area contributed by atoms with Gasteiger partial charge in [0.1, 0.15) is 6.04 Å². The molecular formula is C16H16ClNO4S. The van der Waals surface area contributed by atoms with Crippen LogP contribution in [0.25, 0.3) is 0 Å². The Bertz CT molecular complexity index is 821. The Morgan fingerprint density at radius 3 is 2.30 bits per heavy atom. The smallest absolute Gasteiger partial charge is 0.327 e. The summed E-state index contributed by atoms with van der Waals surface area (Å²) in [6.07, 6.45) is 0. The van der Waals surface area contributed by atoms with Crippen molar-refractivity contribution in [2.75, 3.05) is 4.31 Å². The van der Waals surface area contributed by atoms with Gasteiger partial charge in [0.2, 0.25) is 0 Å². The number of carbonyl (C=O) groups is 1. The lowest BCUT2D eigenvalue weighted by atomic mass is 10.2. The second-order valence-corrected chi connectivity index (χ2v) is 7.23. The second-order valence-electron chi connectivity index (χ2n) is 5.01. The Kier molecular flexibility index (Phi) is 4.97. The molecular weight excluding hydrogens is 338 g/mol. The first kappa shape index (κ1) is 17.3. The zero-order valence-electron chi connectivity index (χ0n) is 12.6. The molecule has 0 aliphatic rings. The molecule has 0 aromatic heterocycles. The summed E-state index contributed by atoms with van der Waals surface area (Å²) >= 11 is 6.07. The lowest BCUT2D eigenvalue weighted by Gasteiger charge is -2.29. The average molecular weight is 354 g/mol. The predicted octanol–water partition coefficient (Wildman–Crippen LogP) is 3.32. The van der Waals surface area contributed by atoms with Gasteiger partial charge in [-0.05, 0) is 43.7 Å². The van der Waals surface area contributed by atoms with Crippen molar-refractivity contribution in [1.82, 2.24) is 0 Å². The van der Waals surface area contributed by atoms with Crippen molar-refractivity contribution in [3.63, 3.8) is 0 Å². The number of carboxylic acids is 1. The maximum atomic E-state index is 13.0. The molecule has 1 N–H and O–H groups in total. The molecule has 122 valence electrons. The molecule has 1 unspecified atom stereocenters. The van der Waals surface area contributed by atoms with Gasteiger partial charge in [0.15, 0.2) is 0 Å². The number of carboxylic acid groups (broad SMARTS) is 1. The molecule has 0 aliphatic heterocycles. The number of nitrogens with zero attached hydrogens (tertiary/aromatic N) is 1. The third-order valence-corrected chi connectivity index (χ3v) is 5.79. The normalized spacial score (nSPS) is 12.7. The van der Waals surface area contributed by atoms with E-state index in [-0.39, 0.29) is 10.6 Å². The van der Waals surface area contributed by atoms with Crippen LogP contribution < -0.4 is 4.31 Å². The fraction of sp³-hybridized carbons (Fsp3) is 0.188. The van der Waals surface area contributed by atoms with Crippen molar-refractivity contribution in [3.8, 4) is 0 Å². The predicted molar refractivity (Wildman–Crippen MR) is 89.4 cm³/mol. The summed E-state index contributed by atoms with van der Waals surface area (Å²) in [7, 11) is -4.04. The molecule has 0 radical (unpaired) electrons. The summed E-state index contributed by atoms with van der Waals surface area (Å²) in [6, 6.07) is 11.2. The van der Waals surface area contributed by atoms with Crippen molar-refractivity contribution in [3.05, 3.63) is 59.1 Å². The van der Waals surface area contributed by atoms with Crippen LogP contribution in [0.3, 0.4) is 0 Å². The van der Waals surface area contributed by atoms with Crippen LogP contribution >= 0.6 is 11.6 Å². The molecule has 1 atom stereocenters. The summed E-state index contributed by atoms with van der Waals surface area (Å²) in [5, 5.41) is 9.71. The van der Waals surface area contributed by atoms with Crippen LogP contribution in [-0.4, -0.2) is 25.5 Å². The van der Waals surface area contributed by atoms with Gasteiger partial charge in [0.05, 0.1) is 10.6 Å². The summed E-state index contributed by atoms with van der Waals surface area (Å²) in [4.78, 5) is 11.5. The number of hydrogen-bond acceptors (Lipinski definition) is 3. The molecule has 0 fully saturated rings. The molecule has 7 heteroatoms. The lowest BCUT2D eigenvalue weighted by molar-refractivity contribution is -0.137. The van der Waals surface area contributed by atoms with Crippen LogP contribution in [-0.2, 0) is 14.8 Å². The first-order valence-corrected chi connectivity index (χ1v) is 8.66. The highest BCUT2D eigenvalue weighted by atomic mass is 35.5. The van der Waals surface area contributed by atoms with Gasteiger partial charge in [0, 0.05) is 5.02 Å². The Labute approximate surface area is 140 Å². The first-order valence-electron chi connectivity index (χ1n) is 6.84. The third kappa shape index (κ3) is 3.33. The second kappa shape index (κ2) is 6.60. The number of aliphatic carboxylic acids is 1. The van der Waals surface area contributed by atoms with E-state index in [0.717, 1.165) is 4.31 Å². The zero-order chi connectivity index (χ0) is 17.2. The van der Waals surface area contributed by atoms with E-state index in [9.17, 15) is 18.3 Å². The summed E-state index contributed by atoms with van der Waals surface area (Å²) in [5.41, 5.74) is 0.748. The number of anilines is 1. The van der Waals surface area contributed by atoms with E-state index in [2.05, 4.69) is 0 Å². The average Bonchev–Trinajstić information content (AvgIpc) is 2.52. The fourth-order valence-corrected chi connectivity index (χ4v) is 4.05. The van der Waals surface area contributed by atoms with Crippen molar-refractivity contribution < 1.29 is 18.3 Å². The molecule has 2 rings (SSSR count). The van der Waals surface area contributed by atoms with Gasteiger partial charge in [-0.1, -0.05) is 35.9 Å². The van der Waals surface area contributed by atoms with Crippen molar-refractivity contribution in [2.45, 2.75) is 24.8 Å². The Morgan fingerprint density at radius 2 is 1.74 bits per heavy atom. The van der Waals surface area contributed by atoms with Crippen LogP contribution in [0.2, 0.25) is 5.02 Å². The van der Waals surface area contributed by atoms with E-state index in [1.165, 1.54) is 19.1 Å². The molecule has 5 nitrogen and oxygen atoms in total. The molecule has 2 aromatic rings. The Morgan fingerprint density at radius 1 is 1.13 bits per heavy atom. The molecule has 0 amide bonds. The van der Waals surface area contributed by atoms with Crippen LogP contribution in [0, 0.1) is 6.92 Å². The first-order chi connectivity index (χ1) is 10.8. The summed E-state index contributed by atoms with van der Waals surface area (Å²) in [6.45, 7) is 2.98. The molecule has 0 spiro atoms. The number of halogens is 1. The number of rotatable bonds is 5. The zero-order valence-corrected chi connectivity index (χ0v) is 14.2. The summed E-state index contributed by atoms with van der Waals surface area (Å²) < 4.78 is 26.8. The minimum absolute atomic E-state index is 0.0208. The van der Waals surface area contributed by atoms with Gasteiger partial charge in [0.25, 0.3) is 10.0 Å². The maximum Gasteiger partial charge on any atom is 0.327 e. The van der Waals surface area contributed by atoms with Crippen LogP contribution in [0.15, 0.2) is 53.4 Å². The lowest BCUT2D eigenvalue weighted by Crippen LogP contribution is -2.43. The Hall–Kier alpha value is -2.05. The van der Waals surface area contributed by atoms with E-state index < -0.39 is 22.0 Å². The van der Waals surface area contributed by atoms with E-state index in [1.807, 2.05) is 0 Å². The van der Waals surface area contributed by atoms with Crippen LogP contribution in [0.1, 0.15) is 12.5 Å². The monoisotopic (exact) mass is 353 g/mol. The van der Waals surface area contributed by atoms with Gasteiger partial charge in [-0.15, -0.1) is 0 Å². The minimum atomic E-state index is -4.04. The molecule has 0 heterocycles. The van der Waals surface area contributed by atoms with Gasteiger partial charge in [-0.25, -0.2) is 13.2 Å². The van der Waals surface area contributed by atoms with Crippen molar-refractivity contribution in [1.29, 1.82) is 0 Å². The molecule has 23 heavy (non-hydrogen) atoms. The van der Waals surface area contributed by atoms with E-state index in [0.29, 0.717) is 10.6 Å². The summed E-state index contributed by atoms with van der Waals surface area (Å²) in [5.74, 6) is -1.25. The molecule has 0 saturated carbocycles. The maximum absolute atomic E-state index is 13.0. The van der Waals surface area contributed by atoms with Gasteiger partial charge in [-0.3, -0.25) is 4.31 Å². The number of benzene rings is 2. The van der Waals surface area contributed by atoms with Crippen LogP contribution in [0.4, 0.5) is 5.69 Å². The largest absolute Gasteiger partial charge is 0.480 e. The molecule has 0 saturated heterocycles. The molecule has 0 aliphatic carbocycles. The fourth-order valence-electron chi connectivity index (χ4n) is 2.19. The highest BCUT2D eigenvalue weighted by Crippen LogP contribution is 2.32. The van der Waals surface area contributed by atoms with Crippen molar-refractivity contribution >= 4 is 33.3 Å². The van der Waals surface area contributed by atoms with Gasteiger partial charge >= 0.3 is 5.97 Å². The Balaban J connectivity index is 2.69. The topological polar surface area (TPSA) is 74.7 Å². The highest BCUT2D eigenvalue weighted by molar-refractivity contribution is 7.93.